The Balaban J connectivity index is 2.85. The largest absolute Gasteiger partial charge is 0.495 e. The second-order valence-corrected chi connectivity index (χ2v) is 7.17. The summed E-state index contributed by atoms with van der Waals surface area (Å²) in [5.41, 5.74) is 1.99. The fraction of sp³-hybridized carbons (Fsp3) is 0.235. The molecule has 0 saturated heterocycles. The van der Waals surface area contributed by atoms with Crippen LogP contribution in [0.2, 0.25) is 0 Å². The molecule has 0 bridgehead atoms. The molecule has 0 fully saturated rings. The monoisotopic (exact) mass is 398 g/mol. The third kappa shape index (κ3) is 4.29. The number of methoxy groups -OCH3 is 2. The molecule has 1 N–H and O–H groups in total. The number of benzene rings is 2. The molecule has 0 aromatic heterocycles. The van der Waals surface area contributed by atoms with Crippen molar-refractivity contribution in [1.82, 2.24) is 0 Å². The lowest BCUT2D eigenvalue weighted by Crippen LogP contribution is -2.08. The fourth-order valence-electron chi connectivity index (χ4n) is 2.58. The number of hydrogen-bond acceptors (Lipinski definition) is 7. The van der Waals surface area contributed by atoms with Crippen LogP contribution in [0.5, 0.6) is 17.2 Å². The maximum absolute atomic E-state index is 11.5. The van der Waals surface area contributed by atoms with Gasteiger partial charge in [0, 0.05) is 16.0 Å². The van der Waals surface area contributed by atoms with E-state index < -0.39 is 10.4 Å². The molecule has 0 spiro atoms. The van der Waals surface area contributed by atoms with Crippen molar-refractivity contribution in [3.8, 4) is 28.4 Å². The van der Waals surface area contributed by atoms with E-state index >= 15 is 0 Å². The second kappa shape index (κ2) is 7.98. The Hall–Kier alpha value is -2.23. The van der Waals surface area contributed by atoms with Crippen LogP contribution in [0.15, 0.2) is 29.2 Å². The highest BCUT2D eigenvalue weighted by atomic mass is 32.3. The van der Waals surface area contributed by atoms with E-state index in [4.69, 9.17) is 14.0 Å². The molecule has 0 saturated carbocycles. The van der Waals surface area contributed by atoms with Crippen molar-refractivity contribution >= 4 is 28.4 Å². The summed E-state index contributed by atoms with van der Waals surface area (Å²) in [5.74, 6) is 0.232. The first-order valence-corrected chi connectivity index (χ1v) is 9.90. The molecule has 2 aromatic carbocycles. The van der Waals surface area contributed by atoms with E-state index in [1.165, 1.54) is 32.0 Å². The van der Waals surface area contributed by atoms with E-state index in [1.54, 1.807) is 25.1 Å². The Morgan fingerprint density at radius 2 is 1.65 bits per heavy atom. The molecule has 0 radical (unpaired) electrons. The Labute approximate surface area is 156 Å². The third-order valence-electron chi connectivity index (χ3n) is 3.55. The second-order valence-electron chi connectivity index (χ2n) is 5.27. The minimum Gasteiger partial charge on any atom is -0.495 e. The summed E-state index contributed by atoms with van der Waals surface area (Å²) in [6.07, 6.45) is 2.54. The summed E-state index contributed by atoms with van der Waals surface area (Å²) in [7, 11) is -1.96. The van der Waals surface area contributed by atoms with Crippen molar-refractivity contribution in [1.29, 1.82) is 0 Å². The number of carbonyl (C=O) groups is 1. The molecule has 26 heavy (non-hydrogen) atoms. The molecule has 0 amide bonds. The molecule has 140 valence electrons. The van der Waals surface area contributed by atoms with Crippen molar-refractivity contribution in [3.63, 3.8) is 0 Å². The smallest absolute Gasteiger partial charge is 0.446 e. The highest BCUT2D eigenvalue weighted by Gasteiger charge is 2.22. The molecule has 0 unspecified atom stereocenters. The van der Waals surface area contributed by atoms with Crippen LogP contribution < -0.4 is 13.7 Å². The summed E-state index contributed by atoms with van der Waals surface area (Å²) in [6.45, 7) is 1.73. The maximum atomic E-state index is 11.5. The van der Waals surface area contributed by atoms with E-state index in [0.29, 0.717) is 34.3 Å². The van der Waals surface area contributed by atoms with Crippen LogP contribution in [-0.4, -0.2) is 39.7 Å². The van der Waals surface area contributed by atoms with Gasteiger partial charge < -0.3 is 13.7 Å². The fourth-order valence-corrected chi connectivity index (χ4v) is 3.41. The predicted octanol–water partition coefficient (Wildman–Crippen LogP) is 3.40. The first-order chi connectivity index (χ1) is 12.2. The average molecular weight is 398 g/mol. The molecule has 7 nitrogen and oxygen atoms in total. The summed E-state index contributed by atoms with van der Waals surface area (Å²) < 4.78 is 46.7. The third-order valence-corrected chi connectivity index (χ3v) is 4.64. The van der Waals surface area contributed by atoms with Gasteiger partial charge in [-0.2, -0.15) is 8.42 Å². The lowest BCUT2D eigenvalue weighted by Gasteiger charge is -2.18. The van der Waals surface area contributed by atoms with Gasteiger partial charge in [0.05, 0.1) is 19.8 Å². The molecular formula is C17H18O7S2. The van der Waals surface area contributed by atoms with Gasteiger partial charge in [-0.25, -0.2) is 0 Å². The number of aryl methyl sites for hydroxylation is 1. The normalized spacial score (nSPS) is 11.1. The van der Waals surface area contributed by atoms with Crippen molar-refractivity contribution in [2.24, 2.45) is 0 Å². The molecule has 0 heterocycles. The Kier molecular flexibility index (Phi) is 6.17. The zero-order chi connectivity index (χ0) is 19.5. The lowest BCUT2D eigenvalue weighted by atomic mass is 9.98. The quantitative estimate of drug-likeness (QED) is 0.430. The first-order valence-electron chi connectivity index (χ1n) is 7.31. The van der Waals surface area contributed by atoms with Gasteiger partial charge in [0.25, 0.3) is 0 Å². The summed E-state index contributed by atoms with van der Waals surface area (Å²) >= 11 is 1.44. The zero-order valence-corrected chi connectivity index (χ0v) is 16.2. The predicted molar refractivity (Wildman–Crippen MR) is 99.1 cm³/mol. The minimum absolute atomic E-state index is 0.0848. The topological polar surface area (TPSA) is 99.1 Å². The summed E-state index contributed by atoms with van der Waals surface area (Å²) in [4.78, 5) is 12.3. The van der Waals surface area contributed by atoms with E-state index in [2.05, 4.69) is 4.18 Å². The Morgan fingerprint density at radius 3 is 2.15 bits per heavy atom. The summed E-state index contributed by atoms with van der Waals surface area (Å²) in [5, 5.41) is 0. The van der Waals surface area contributed by atoms with Gasteiger partial charge in [-0.05, 0) is 43.0 Å². The van der Waals surface area contributed by atoms with Crippen LogP contribution in [0.1, 0.15) is 15.9 Å². The first kappa shape index (κ1) is 20.1. The molecule has 0 aliphatic carbocycles. The molecule has 0 atom stereocenters. The van der Waals surface area contributed by atoms with Gasteiger partial charge >= 0.3 is 10.4 Å². The maximum Gasteiger partial charge on any atom is 0.446 e. The number of carbonyl (C=O) groups excluding carboxylic acids is 1. The van der Waals surface area contributed by atoms with Crippen molar-refractivity contribution in [3.05, 3.63) is 35.4 Å². The van der Waals surface area contributed by atoms with Gasteiger partial charge in [-0.15, -0.1) is 11.8 Å². The Morgan fingerprint density at radius 1 is 1.04 bits per heavy atom. The molecule has 9 heteroatoms. The van der Waals surface area contributed by atoms with Gasteiger partial charge in [-0.1, -0.05) is 0 Å². The minimum atomic E-state index is -4.74. The van der Waals surface area contributed by atoms with Crippen LogP contribution in [0.25, 0.3) is 11.1 Å². The van der Waals surface area contributed by atoms with Gasteiger partial charge in [-0.3, -0.25) is 9.35 Å². The van der Waals surface area contributed by atoms with Crippen LogP contribution >= 0.6 is 11.8 Å². The SMILES string of the molecule is COc1c(C=O)cc(SC)cc1-c1cc(C)cc(OS(=O)(=O)O)c1OC. The number of thioether (sulfide) groups is 1. The van der Waals surface area contributed by atoms with E-state index in [1.807, 2.05) is 6.26 Å². The number of rotatable bonds is 7. The van der Waals surface area contributed by atoms with Crippen LogP contribution in [-0.2, 0) is 10.4 Å². The average Bonchev–Trinajstić information content (AvgIpc) is 2.58. The highest BCUT2D eigenvalue weighted by molar-refractivity contribution is 7.98. The Bertz CT molecular complexity index is 937. The van der Waals surface area contributed by atoms with Crippen molar-refractivity contribution in [2.75, 3.05) is 20.5 Å². The van der Waals surface area contributed by atoms with E-state index in [0.717, 1.165) is 4.90 Å². The number of aldehydes is 1. The van der Waals surface area contributed by atoms with Crippen molar-refractivity contribution in [2.45, 2.75) is 11.8 Å². The molecule has 2 aromatic rings. The van der Waals surface area contributed by atoms with E-state index in [9.17, 15) is 13.2 Å². The molecule has 0 aliphatic heterocycles. The highest BCUT2D eigenvalue weighted by Crippen LogP contribution is 2.45. The number of ether oxygens (including phenoxy) is 2. The zero-order valence-electron chi connectivity index (χ0n) is 14.6. The van der Waals surface area contributed by atoms with Crippen LogP contribution in [0, 0.1) is 6.92 Å². The van der Waals surface area contributed by atoms with Crippen LogP contribution in [0.3, 0.4) is 0 Å². The van der Waals surface area contributed by atoms with Gasteiger partial charge in [0.1, 0.15) is 5.75 Å². The van der Waals surface area contributed by atoms with Gasteiger partial charge in [0.15, 0.2) is 17.8 Å². The van der Waals surface area contributed by atoms with Crippen LogP contribution in [0.4, 0.5) is 0 Å². The molecule has 0 aliphatic rings. The van der Waals surface area contributed by atoms with Crippen molar-refractivity contribution < 1.29 is 31.4 Å². The molecule has 2 rings (SSSR count). The lowest BCUT2D eigenvalue weighted by molar-refractivity contribution is 0.112. The summed E-state index contributed by atoms with van der Waals surface area (Å²) in [6, 6.07) is 6.65. The standard InChI is InChI=1S/C17H18O7S2/c1-10-5-13(17(23-3)15(6-10)24-26(19,20)21)14-8-12(25-4)7-11(9-18)16(14)22-2/h5-9H,1-4H3,(H,19,20,21). The van der Waals surface area contributed by atoms with Gasteiger partial charge in [0.2, 0.25) is 0 Å². The number of hydrogen-bond donors (Lipinski definition) is 1. The molecular weight excluding hydrogens is 380 g/mol. The van der Waals surface area contributed by atoms with E-state index in [-0.39, 0.29) is 11.5 Å².